The number of hydrogen-bond acceptors (Lipinski definition) is 1. The first-order chi connectivity index (χ1) is 7.11. The second-order valence-corrected chi connectivity index (χ2v) is 4.97. The van der Waals surface area contributed by atoms with Crippen LogP contribution in [0.3, 0.4) is 0 Å². The van der Waals surface area contributed by atoms with Crippen LogP contribution in [0.4, 0.5) is 0 Å². The van der Waals surface area contributed by atoms with Crippen molar-refractivity contribution in [1.29, 1.82) is 0 Å². The van der Waals surface area contributed by atoms with Gasteiger partial charge in [-0.3, -0.25) is 4.79 Å². The van der Waals surface area contributed by atoms with E-state index in [0.717, 1.165) is 22.9 Å². The molecule has 0 saturated heterocycles. The van der Waals surface area contributed by atoms with Crippen LogP contribution < -0.4 is 0 Å². The van der Waals surface area contributed by atoms with Crippen molar-refractivity contribution in [2.24, 2.45) is 0 Å². The Morgan fingerprint density at radius 1 is 1.47 bits per heavy atom. The number of aliphatic carboxylic acids is 1. The number of benzene rings is 1. The Balaban J connectivity index is 2.55. The van der Waals surface area contributed by atoms with Gasteiger partial charge in [0.1, 0.15) is 0 Å². The summed E-state index contributed by atoms with van der Waals surface area (Å²) >= 11 is 3.51. The lowest BCUT2D eigenvalue weighted by Crippen LogP contribution is -2.20. The average Bonchev–Trinajstić information content (AvgIpc) is 2.17. The third-order valence-electron chi connectivity index (χ3n) is 3.14. The maximum absolute atomic E-state index is 11.1. The minimum absolute atomic E-state index is 0.325. The van der Waals surface area contributed by atoms with Gasteiger partial charge >= 0.3 is 5.97 Å². The zero-order chi connectivity index (χ0) is 11.0. The first kappa shape index (κ1) is 10.7. The summed E-state index contributed by atoms with van der Waals surface area (Å²) in [5.74, 6) is -0.582. The molecule has 1 N–H and O–H groups in total. The fourth-order valence-corrected chi connectivity index (χ4v) is 3.12. The van der Waals surface area contributed by atoms with Crippen LogP contribution in [0.2, 0.25) is 0 Å². The number of halogens is 1. The van der Waals surface area contributed by atoms with Crippen molar-refractivity contribution in [2.75, 3.05) is 0 Å². The summed E-state index contributed by atoms with van der Waals surface area (Å²) in [7, 11) is 0. The Kier molecular flexibility index (Phi) is 2.83. The zero-order valence-electron chi connectivity index (χ0n) is 8.53. The molecule has 2 atom stereocenters. The molecule has 80 valence electrons. The van der Waals surface area contributed by atoms with Crippen LogP contribution in [0.25, 0.3) is 0 Å². The van der Waals surface area contributed by atoms with Gasteiger partial charge in [0, 0.05) is 4.47 Å². The van der Waals surface area contributed by atoms with E-state index in [-0.39, 0.29) is 5.92 Å². The molecule has 1 aromatic carbocycles. The summed E-state index contributed by atoms with van der Waals surface area (Å²) in [4.78, 5) is 11.1. The molecule has 0 radical (unpaired) electrons. The molecule has 0 bridgehead atoms. The molecule has 2 rings (SSSR count). The highest BCUT2D eigenvalue weighted by Gasteiger charge is 2.30. The molecule has 0 aliphatic heterocycles. The second-order valence-electron chi connectivity index (χ2n) is 4.11. The lowest BCUT2D eigenvalue weighted by Gasteiger charge is -2.28. The molecule has 0 saturated carbocycles. The van der Waals surface area contributed by atoms with Gasteiger partial charge in [-0.2, -0.15) is 0 Å². The lowest BCUT2D eigenvalue weighted by molar-refractivity contribution is -0.139. The molecule has 0 heterocycles. The third-order valence-corrected chi connectivity index (χ3v) is 3.83. The Labute approximate surface area is 97.4 Å². The summed E-state index contributed by atoms with van der Waals surface area (Å²) in [6, 6.07) is 5.84. The Hall–Kier alpha value is -0.830. The number of carboxylic acid groups (broad SMARTS) is 1. The lowest BCUT2D eigenvalue weighted by atomic mass is 9.77. The van der Waals surface area contributed by atoms with Crippen molar-refractivity contribution < 1.29 is 9.90 Å². The molecule has 2 nitrogen and oxygen atoms in total. The van der Waals surface area contributed by atoms with E-state index in [1.54, 1.807) is 0 Å². The van der Waals surface area contributed by atoms with Gasteiger partial charge in [0.05, 0.1) is 5.92 Å². The zero-order valence-corrected chi connectivity index (χ0v) is 10.1. The van der Waals surface area contributed by atoms with E-state index in [2.05, 4.69) is 22.9 Å². The summed E-state index contributed by atoms with van der Waals surface area (Å²) in [5.41, 5.74) is 2.16. The number of hydrogen-bond donors (Lipinski definition) is 1. The third kappa shape index (κ3) is 1.81. The summed E-state index contributed by atoms with van der Waals surface area (Å²) in [5, 5.41) is 9.15. The highest BCUT2D eigenvalue weighted by molar-refractivity contribution is 9.10. The van der Waals surface area contributed by atoms with Crippen LogP contribution in [0.1, 0.15) is 42.7 Å². The van der Waals surface area contributed by atoms with Crippen LogP contribution in [0.5, 0.6) is 0 Å². The van der Waals surface area contributed by atoms with Crippen LogP contribution in [-0.4, -0.2) is 11.1 Å². The van der Waals surface area contributed by atoms with Crippen molar-refractivity contribution >= 4 is 21.9 Å². The maximum Gasteiger partial charge on any atom is 0.310 e. The highest BCUT2D eigenvalue weighted by Crippen LogP contribution is 2.41. The Bertz CT molecular complexity index is 401. The predicted octanol–water partition coefficient (Wildman–Crippen LogP) is 3.51. The molecular weight excluding hydrogens is 256 g/mol. The van der Waals surface area contributed by atoms with Crippen molar-refractivity contribution in [3.05, 3.63) is 33.8 Å². The largest absolute Gasteiger partial charge is 0.481 e. The van der Waals surface area contributed by atoms with E-state index in [1.165, 1.54) is 5.56 Å². The number of rotatable bonds is 1. The number of fused-ring (bicyclic) bond motifs is 1. The topological polar surface area (TPSA) is 37.3 Å². The van der Waals surface area contributed by atoms with Gasteiger partial charge in [-0.05, 0) is 36.0 Å². The molecule has 1 aliphatic rings. The monoisotopic (exact) mass is 268 g/mol. The van der Waals surface area contributed by atoms with Gasteiger partial charge < -0.3 is 5.11 Å². The smallest absolute Gasteiger partial charge is 0.310 e. The van der Waals surface area contributed by atoms with E-state index in [9.17, 15) is 4.79 Å². The van der Waals surface area contributed by atoms with Crippen LogP contribution in [-0.2, 0) is 4.79 Å². The average molecular weight is 269 g/mol. The molecule has 2 unspecified atom stereocenters. The Morgan fingerprint density at radius 2 is 2.20 bits per heavy atom. The molecule has 1 aromatic rings. The minimum Gasteiger partial charge on any atom is -0.481 e. The summed E-state index contributed by atoms with van der Waals surface area (Å²) in [6.45, 7) is 2.15. The van der Waals surface area contributed by atoms with Crippen molar-refractivity contribution in [2.45, 2.75) is 31.6 Å². The van der Waals surface area contributed by atoms with Gasteiger partial charge in [0.2, 0.25) is 0 Å². The Morgan fingerprint density at radius 3 is 2.87 bits per heavy atom. The summed E-state index contributed by atoms with van der Waals surface area (Å²) in [6.07, 6.45) is 1.70. The molecule has 0 aromatic heterocycles. The van der Waals surface area contributed by atoms with Gasteiger partial charge in [0.25, 0.3) is 0 Å². The maximum atomic E-state index is 11.1. The molecule has 3 heteroatoms. The normalized spacial score (nSPS) is 24.7. The van der Waals surface area contributed by atoms with Crippen molar-refractivity contribution in [1.82, 2.24) is 0 Å². The second kappa shape index (κ2) is 3.97. The minimum atomic E-state index is -0.707. The van der Waals surface area contributed by atoms with E-state index >= 15 is 0 Å². The number of carbonyl (C=O) groups is 1. The molecule has 15 heavy (non-hydrogen) atoms. The van der Waals surface area contributed by atoms with Gasteiger partial charge in [-0.25, -0.2) is 0 Å². The standard InChI is InChI=1S/C12H13BrO2/c1-7-5-6-9(12(14)15)8-3-2-4-10(13)11(7)8/h2-4,7,9H,5-6H2,1H3,(H,14,15). The van der Waals surface area contributed by atoms with Gasteiger partial charge in [-0.15, -0.1) is 0 Å². The summed E-state index contributed by atoms with van der Waals surface area (Å²) < 4.78 is 1.04. The predicted molar refractivity (Wildman–Crippen MR) is 62.2 cm³/mol. The first-order valence-electron chi connectivity index (χ1n) is 5.12. The van der Waals surface area contributed by atoms with E-state index in [1.807, 2.05) is 18.2 Å². The van der Waals surface area contributed by atoms with Crippen LogP contribution >= 0.6 is 15.9 Å². The molecule has 0 spiro atoms. The van der Waals surface area contributed by atoms with Gasteiger partial charge in [0.15, 0.2) is 0 Å². The molecule has 1 aliphatic carbocycles. The van der Waals surface area contributed by atoms with E-state index in [4.69, 9.17) is 5.11 Å². The first-order valence-corrected chi connectivity index (χ1v) is 5.91. The van der Waals surface area contributed by atoms with Crippen LogP contribution in [0, 0.1) is 0 Å². The SMILES string of the molecule is CC1CCC(C(=O)O)c2cccc(Br)c21. The molecular formula is C12H13BrO2. The molecule has 0 fully saturated rings. The number of carboxylic acids is 1. The van der Waals surface area contributed by atoms with Crippen LogP contribution in [0.15, 0.2) is 22.7 Å². The van der Waals surface area contributed by atoms with Crippen molar-refractivity contribution in [3.63, 3.8) is 0 Å². The molecule has 0 amide bonds. The highest BCUT2D eigenvalue weighted by atomic mass is 79.9. The van der Waals surface area contributed by atoms with Gasteiger partial charge in [-0.1, -0.05) is 35.0 Å². The fourth-order valence-electron chi connectivity index (χ4n) is 2.35. The van der Waals surface area contributed by atoms with E-state index in [0.29, 0.717) is 5.92 Å². The van der Waals surface area contributed by atoms with Crippen molar-refractivity contribution in [3.8, 4) is 0 Å². The van der Waals surface area contributed by atoms with E-state index < -0.39 is 5.97 Å². The quantitative estimate of drug-likeness (QED) is 0.847. The fraction of sp³-hybridized carbons (Fsp3) is 0.417.